The molecule has 0 aromatic rings. The summed E-state index contributed by atoms with van der Waals surface area (Å²) in [4.78, 5) is 9.87. The van der Waals surface area contributed by atoms with E-state index in [0.29, 0.717) is 0 Å². The summed E-state index contributed by atoms with van der Waals surface area (Å²) in [6.45, 7) is -0.326. The van der Waals surface area contributed by atoms with E-state index in [1.54, 1.807) is 0 Å². The van der Waals surface area contributed by atoms with Gasteiger partial charge in [0, 0.05) is 0 Å². The van der Waals surface area contributed by atoms with Crippen LogP contribution in [0.2, 0.25) is 0 Å². The van der Waals surface area contributed by atoms with Crippen molar-refractivity contribution >= 4 is 53.3 Å². The van der Waals surface area contributed by atoms with Crippen LogP contribution in [0.1, 0.15) is 0 Å². The molecule has 7 heteroatoms. The molecule has 0 aliphatic carbocycles. The van der Waals surface area contributed by atoms with Gasteiger partial charge in [0.15, 0.2) is 0 Å². The second-order valence-corrected chi connectivity index (χ2v) is 3.74. The molecule has 1 amide bonds. The fraction of sp³-hybridized carbons (Fsp3) is 0.667. The van der Waals surface area contributed by atoms with Gasteiger partial charge in [0.1, 0.15) is 6.61 Å². The molecular formula is C3H5Cl4NO2. The van der Waals surface area contributed by atoms with Crippen LogP contribution in [-0.4, -0.2) is 16.5 Å². The molecule has 2 N–H and O–H groups in total. The largest absolute Gasteiger partial charge is 0.445 e. The van der Waals surface area contributed by atoms with E-state index in [1.807, 2.05) is 0 Å². The molecule has 0 aromatic heterocycles. The number of carbonyl (C=O) groups is 1. The number of alkyl halides is 3. The van der Waals surface area contributed by atoms with Crippen LogP contribution in [0.5, 0.6) is 0 Å². The van der Waals surface area contributed by atoms with Gasteiger partial charge < -0.3 is 10.5 Å². The Hall–Kier alpha value is 0.430. The molecule has 0 heterocycles. The minimum atomic E-state index is -1.57. The van der Waals surface area contributed by atoms with Crippen LogP contribution in [0.15, 0.2) is 0 Å². The van der Waals surface area contributed by atoms with Crippen molar-refractivity contribution in [2.45, 2.75) is 3.79 Å². The van der Waals surface area contributed by atoms with Gasteiger partial charge in [0.2, 0.25) is 3.79 Å². The molecule has 0 fully saturated rings. The van der Waals surface area contributed by atoms with Gasteiger partial charge in [-0.2, -0.15) is 0 Å². The van der Waals surface area contributed by atoms with Crippen molar-refractivity contribution in [2.75, 3.05) is 6.61 Å². The Morgan fingerprint density at radius 2 is 1.90 bits per heavy atom. The Morgan fingerprint density at radius 3 is 2.00 bits per heavy atom. The summed E-state index contributed by atoms with van der Waals surface area (Å²) in [6, 6.07) is 0. The highest BCUT2D eigenvalue weighted by atomic mass is 35.6. The molecule has 62 valence electrons. The van der Waals surface area contributed by atoms with Gasteiger partial charge >= 0.3 is 6.09 Å². The summed E-state index contributed by atoms with van der Waals surface area (Å²) in [5.74, 6) is 0. The lowest BCUT2D eigenvalue weighted by atomic mass is 10.8. The molecule has 0 spiro atoms. The van der Waals surface area contributed by atoms with E-state index < -0.39 is 9.89 Å². The number of hydrogen-bond donors (Lipinski definition) is 1. The van der Waals surface area contributed by atoms with E-state index >= 15 is 0 Å². The summed E-state index contributed by atoms with van der Waals surface area (Å²) in [7, 11) is 0. The number of carbonyl (C=O) groups excluding carboxylic acids is 1. The van der Waals surface area contributed by atoms with Crippen molar-refractivity contribution < 1.29 is 9.53 Å². The number of nitrogens with two attached hydrogens (primary N) is 1. The zero-order chi connectivity index (χ0) is 7.49. The SMILES string of the molecule is Cl.NC(=O)OCC(Cl)(Cl)Cl. The zero-order valence-electron chi connectivity index (χ0n) is 4.64. The first-order valence-corrected chi connectivity index (χ1v) is 3.04. The molecule has 0 saturated carbocycles. The van der Waals surface area contributed by atoms with E-state index in [4.69, 9.17) is 34.8 Å². The fourth-order valence-electron chi connectivity index (χ4n) is 0.153. The van der Waals surface area contributed by atoms with Gasteiger partial charge in [-0.15, -0.1) is 12.4 Å². The first kappa shape index (κ1) is 13.1. The van der Waals surface area contributed by atoms with Gasteiger partial charge in [-0.05, 0) is 0 Å². The van der Waals surface area contributed by atoms with Gasteiger partial charge in [0.25, 0.3) is 0 Å². The molecule has 0 aromatic carbocycles. The van der Waals surface area contributed by atoms with Crippen molar-refractivity contribution in [2.24, 2.45) is 5.73 Å². The summed E-state index contributed by atoms with van der Waals surface area (Å²) >= 11 is 15.5. The predicted molar refractivity (Wildman–Crippen MR) is 43.1 cm³/mol. The molecule has 0 atom stereocenters. The maximum atomic E-state index is 9.87. The maximum Gasteiger partial charge on any atom is 0.404 e. The van der Waals surface area contributed by atoms with Crippen molar-refractivity contribution in [1.29, 1.82) is 0 Å². The standard InChI is InChI=1S/C3H4Cl3NO2.ClH/c4-3(5,6)1-9-2(7)8;/h1H2,(H2,7,8);1H. The lowest BCUT2D eigenvalue weighted by Gasteiger charge is -2.08. The highest BCUT2D eigenvalue weighted by Gasteiger charge is 2.20. The quantitative estimate of drug-likeness (QED) is 0.697. The summed E-state index contributed by atoms with van der Waals surface area (Å²) in [5, 5.41) is 0. The Labute approximate surface area is 79.1 Å². The van der Waals surface area contributed by atoms with E-state index in [2.05, 4.69) is 10.5 Å². The molecule has 0 aliphatic rings. The molecule has 0 rings (SSSR count). The molecule has 0 aliphatic heterocycles. The smallest absolute Gasteiger partial charge is 0.404 e. The van der Waals surface area contributed by atoms with Gasteiger partial charge in [-0.25, -0.2) is 4.79 Å². The predicted octanol–water partition coefficient (Wildman–Crippen LogP) is 1.87. The summed E-state index contributed by atoms with van der Waals surface area (Å²) < 4.78 is 2.57. The van der Waals surface area contributed by atoms with Crippen molar-refractivity contribution in [3.63, 3.8) is 0 Å². The summed E-state index contributed by atoms with van der Waals surface area (Å²) in [6.07, 6.45) is -0.957. The topological polar surface area (TPSA) is 52.3 Å². The third-order valence-corrected chi connectivity index (χ3v) is 0.705. The van der Waals surface area contributed by atoms with E-state index in [0.717, 1.165) is 0 Å². The molecular weight excluding hydrogens is 224 g/mol. The minimum absolute atomic E-state index is 0. The zero-order valence-corrected chi connectivity index (χ0v) is 7.73. The normalized spacial score (nSPS) is 9.90. The van der Waals surface area contributed by atoms with Crippen molar-refractivity contribution in [3.05, 3.63) is 0 Å². The number of rotatable bonds is 1. The second-order valence-electron chi connectivity index (χ2n) is 1.22. The molecule has 3 nitrogen and oxygen atoms in total. The summed E-state index contributed by atoms with van der Waals surface area (Å²) in [5.41, 5.74) is 4.56. The average molecular weight is 229 g/mol. The van der Waals surface area contributed by atoms with Crippen LogP contribution in [0.4, 0.5) is 4.79 Å². The number of ether oxygens (including phenoxy) is 1. The molecule has 0 bridgehead atoms. The molecule has 0 radical (unpaired) electrons. The van der Waals surface area contributed by atoms with Crippen LogP contribution in [-0.2, 0) is 4.74 Å². The molecule has 0 saturated heterocycles. The number of hydrogen-bond acceptors (Lipinski definition) is 2. The monoisotopic (exact) mass is 227 g/mol. The average Bonchev–Trinajstić information content (AvgIpc) is 1.59. The van der Waals surface area contributed by atoms with Crippen LogP contribution >= 0.6 is 47.2 Å². The van der Waals surface area contributed by atoms with E-state index in [1.165, 1.54) is 0 Å². The molecule has 0 unspecified atom stereocenters. The Kier molecular flexibility index (Phi) is 6.69. The number of amides is 1. The third kappa shape index (κ3) is 11.3. The van der Waals surface area contributed by atoms with E-state index in [-0.39, 0.29) is 19.0 Å². The lowest BCUT2D eigenvalue weighted by molar-refractivity contribution is 0.159. The Balaban J connectivity index is 0. The highest BCUT2D eigenvalue weighted by molar-refractivity contribution is 6.67. The lowest BCUT2D eigenvalue weighted by Crippen LogP contribution is -2.21. The van der Waals surface area contributed by atoms with Gasteiger partial charge in [0.05, 0.1) is 0 Å². The van der Waals surface area contributed by atoms with Crippen molar-refractivity contribution in [1.82, 2.24) is 0 Å². The highest BCUT2D eigenvalue weighted by Crippen LogP contribution is 2.25. The maximum absolute atomic E-state index is 9.87. The van der Waals surface area contributed by atoms with Crippen LogP contribution < -0.4 is 5.73 Å². The Bertz CT molecular complexity index is 112. The number of primary amides is 1. The minimum Gasteiger partial charge on any atom is -0.445 e. The van der Waals surface area contributed by atoms with Crippen LogP contribution in [0.3, 0.4) is 0 Å². The van der Waals surface area contributed by atoms with Crippen LogP contribution in [0.25, 0.3) is 0 Å². The van der Waals surface area contributed by atoms with Crippen LogP contribution in [0, 0.1) is 0 Å². The Morgan fingerprint density at radius 1 is 1.50 bits per heavy atom. The van der Waals surface area contributed by atoms with E-state index in [9.17, 15) is 4.79 Å². The molecule has 10 heavy (non-hydrogen) atoms. The number of halogens is 4. The van der Waals surface area contributed by atoms with Gasteiger partial charge in [-0.3, -0.25) is 0 Å². The third-order valence-electron chi connectivity index (χ3n) is 0.378. The van der Waals surface area contributed by atoms with Gasteiger partial charge in [-0.1, -0.05) is 34.8 Å². The second kappa shape index (κ2) is 5.13. The van der Waals surface area contributed by atoms with Crippen molar-refractivity contribution in [3.8, 4) is 0 Å². The first-order valence-electron chi connectivity index (χ1n) is 1.91. The first-order chi connectivity index (χ1) is 3.92. The fourth-order valence-corrected chi connectivity index (χ4v) is 0.317.